The van der Waals surface area contributed by atoms with Crippen molar-refractivity contribution < 1.29 is 14.3 Å². The molecule has 0 spiro atoms. The Morgan fingerprint density at radius 2 is 1.88 bits per heavy atom. The van der Waals surface area contributed by atoms with E-state index in [4.69, 9.17) is 4.74 Å². The summed E-state index contributed by atoms with van der Waals surface area (Å²) in [6, 6.07) is 14.7. The van der Waals surface area contributed by atoms with Crippen molar-refractivity contribution in [2.75, 3.05) is 5.32 Å². The van der Waals surface area contributed by atoms with Crippen LogP contribution in [-0.4, -0.2) is 21.8 Å². The Kier molecular flexibility index (Phi) is 6.70. The minimum absolute atomic E-state index is 0.218. The summed E-state index contributed by atoms with van der Waals surface area (Å²) in [5.74, 6) is -0.710. The predicted molar refractivity (Wildman–Crippen MR) is 134 cm³/mol. The van der Waals surface area contributed by atoms with Crippen LogP contribution in [0.3, 0.4) is 0 Å². The molecule has 34 heavy (non-hydrogen) atoms. The average molecular weight is 474 g/mol. The molecular formula is C26H23N3O4S. The lowest BCUT2D eigenvalue weighted by atomic mass is 10.0. The van der Waals surface area contributed by atoms with Crippen molar-refractivity contribution in [3.05, 3.63) is 92.9 Å². The van der Waals surface area contributed by atoms with E-state index in [1.54, 1.807) is 12.1 Å². The third-order valence-electron chi connectivity index (χ3n) is 5.06. The molecular weight excluding hydrogens is 450 g/mol. The molecule has 1 amide bonds. The summed E-state index contributed by atoms with van der Waals surface area (Å²) in [7, 11) is 0. The fraction of sp³-hybridized carbons (Fsp3) is 0.154. The van der Waals surface area contributed by atoms with Gasteiger partial charge < -0.3 is 15.0 Å². The van der Waals surface area contributed by atoms with Gasteiger partial charge in [-0.05, 0) is 38.0 Å². The molecule has 0 bridgehead atoms. The maximum Gasteiger partial charge on any atom is 0.342 e. The first-order valence-electron chi connectivity index (χ1n) is 10.6. The number of ether oxygens (including phenoxy) is 1. The van der Waals surface area contributed by atoms with Gasteiger partial charge in [-0.25, -0.2) is 9.78 Å². The van der Waals surface area contributed by atoms with Crippen molar-refractivity contribution in [2.24, 2.45) is 0 Å². The number of hydrogen-bond acceptors (Lipinski definition) is 6. The lowest BCUT2D eigenvalue weighted by molar-refractivity contribution is -0.111. The molecule has 172 valence electrons. The van der Waals surface area contributed by atoms with Gasteiger partial charge in [-0.1, -0.05) is 48.0 Å². The van der Waals surface area contributed by atoms with Crippen LogP contribution in [0.5, 0.6) is 0 Å². The molecule has 2 N–H and O–H groups in total. The van der Waals surface area contributed by atoms with Gasteiger partial charge in [0.2, 0.25) is 5.91 Å². The second-order valence-electron chi connectivity index (χ2n) is 7.99. The van der Waals surface area contributed by atoms with Crippen LogP contribution in [0, 0.1) is 6.92 Å². The number of thiophene rings is 1. The molecule has 4 rings (SSSR count). The molecule has 0 saturated carbocycles. The summed E-state index contributed by atoms with van der Waals surface area (Å²) >= 11 is 1.25. The van der Waals surface area contributed by atoms with E-state index in [0.29, 0.717) is 21.5 Å². The number of carbonyl (C=O) groups is 2. The number of nitrogens with one attached hydrogen (secondary N) is 2. The number of anilines is 1. The van der Waals surface area contributed by atoms with Crippen molar-refractivity contribution in [1.82, 2.24) is 9.97 Å². The Bertz CT molecular complexity index is 1460. The van der Waals surface area contributed by atoms with Gasteiger partial charge in [0.05, 0.1) is 10.9 Å². The number of rotatable bonds is 6. The number of aromatic amines is 1. The maximum atomic E-state index is 13.2. The highest BCUT2D eigenvalue weighted by Crippen LogP contribution is 2.36. The topological polar surface area (TPSA) is 101 Å². The summed E-state index contributed by atoms with van der Waals surface area (Å²) in [5, 5.41) is 5.46. The summed E-state index contributed by atoms with van der Waals surface area (Å²) < 4.78 is 5.55. The van der Waals surface area contributed by atoms with Crippen LogP contribution in [0.25, 0.3) is 22.0 Å². The molecule has 0 saturated heterocycles. The number of nitrogens with zero attached hydrogens (tertiary/aromatic N) is 1. The van der Waals surface area contributed by atoms with Gasteiger partial charge in [-0.15, -0.1) is 11.3 Å². The van der Waals surface area contributed by atoms with Crippen LogP contribution in [0.15, 0.2) is 70.4 Å². The second kappa shape index (κ2) is 9.84. The number of carbonyl (C=O) groups excluding carboxylic acids is 2. The van der Waals surface area contributed by atoms with Crippen molar-refractivity contribution >= 4 is 39.1 Å². The molecule has 0 unspecified atom stereocenters. The quantitative estimate of drug-likeness (QED) is 0.295. The van der Waals surface area contributed by atoms with Crippen molar-refractivity contribution in [3.8, 4) is 11.1 Å². The highest BCUT2D eigenvalue weighted by molar-refractivity contribution is 7.15. The van der Waals surface area contributed by atoms with E-state index in [1.165, 1.54) is 17.4 Å². The zero-order valence-corrected chi connectivity index (χ0v) is 19.8. The third-order valence-corrected chi connectivity index (χ3v) is 5.96. The fourth-order valence-corrected chi connectivity index (χ4v) is 4.48. The predicted octanol–water partition coefficient (Wildman–Crippen LogP) is 5.22. The Morgan fingerprint density at radius 3 is 2.62 bits per heavy atom. The molecule has 2 aromatic heterocycles. The van der Waals surface area contributed by atoms with Gasteiger partial charge in [0.15, 0.2) is 0 Å². The van der Waals surface area contributed by atoms with Crippen LogP contribution in [0.4, 0.5) is 5.00 Å². The fourth-order valence-electron chi connectivity index (χ4n) is 3.52. The van der Waals surface area contributed by atoms with Crippen LogP contribution in [0.1, 0.15) is 35.6 Å². The molecule has 4 aromatic rings. The SMILES string of the molecule is CC(C)=CC(=O)Nc1scc(-c2ccccc2)c1C(=O)OCc1nc2c(C)cccc2c(=O)[nH]1. The molecule has 0 aliphatic heterocycles. The lowest BCUT2D eigenvalue weighted by Crippen LogP contribution is -2.16. The van der Waals surface area contributed by atoms with E-state index in [2.05, 4.69) is 15.3 Å². The lowest BCUT2D eigenvalue weighted by Gasteiger charge is -2.10. The first-order valence-corrected chi connectivity index (χ1v) is 11.5. The van der Waals surface area contributed by atoms with Gasteiger partial charge in [-0.2, -0.15) is 0 Å². The van der Waals surface area contributed by atoms with Gasteiger partial charge in [0.25, 0.3) is 5.56 Å². The second-order valence-corrected chi connectivity index (χ2v) is 8.87. The number of H-pyrrole nitrogens is 1. The number of esters is 1. The number of benzene rings is 2. The standard InChI is InChI=1S/C26H23N3O4S/c1-15(2)12-21(30)29-25-22(19(14-34-25)17-9-5-4-6-10-17)26(32)33-13-20-27-23-16(3)8-7-11-18(23)24(31)28-20/h4-12,14H,13H2,1-3H3,(H,29,30)(H,27,28,31). The number of fused-ring (bicyclic) bond motifs is 1. The molecule has 0 fully saturated rings. The molecule has 0 aliphatic rings. The smallest absolute Gasteiger partial charge is 0.342 e. The molecule has 2 heterocycles. The summed E-state index contributed by atoms with van der Waals surface area (Å²) in [6.07, 6.45) is 1.46. The number of allylic oxidation sites excluding steroid dienone is 1. The van der Waals surface area contributed by atoms with E-state index in [9.17, 15) is 14.4 Å². The minimum atomic E-state index is -0.625. The van der Waals surface area contributed by atoms with Crippen molar-refractivity contribution in [3.63, 3.8) is 0 Å². The average Bonchev–Trinajstić information content (AvgIpc) is 3.21. The van der Waals surface area contributed by atoms with Crippen molar-refractivity contribution in [1.29, 1.82) is 0 Å². The highest BCUT2D eigenvalue weighted by atomic mass is 32.1. The van der Waals surface area contributed by atoms with Gasteiger partial charge in [0.1, 0.15) is 23.0 Å². The first-order chi connectivity index (χ1) is 16.3. The first kappa shape index (κ1) is 23.1. The largest absolute Gasteiger partial charge is 0.454 e. The normalized spacial score (nSPS) is 10.7. The van der Waals surface area contributed by atoms with E-state index < -0.39 is 5.97 Å². The number of hydrogen-bond donors (Lipinski definition) is 2. The van der Waals surface area contributed by atoms with E-state index >= 15 is 0 Å². The minimum Gasteiger partial charge on any atom is -0.454 e. The summed E-state index contributed by atoms with van der Waals surface area (Å²) in [6.45, 7) is 5.28. The maximum absolute atomic E-state index is 13.2. The Morgan fingerprint density at radius 1 is 1.12 bits per heavy atom. The molecule has 0 atom stereocenters. The van der Waals surface area contributed by atoms with Crippen LogP contribution in [-0.2, 0) is 16.1 Å². The summed E-state index contributed by atoms with van der Waals surface area (Å²) in [4.78, 5) is 45.1. The number of aryl methyl sites for hydroxylation is 1. The number of aromatic nitrogens is 2. The van der Waals surface area contributed by atoms with Gasteiger partial charge in [-0.3, -0.25) is 9.59 Å². The Hall–Kier alpha value is -4.04. The highest BCUT2D eigenvalue weighted by Gasteiger charge is 2.23. The van der Waals surface area contributed by atoms with Crippen LogP contribution in [0.2, 0.25) is 0 Å². The van der Waals surface area contributed by atoms with Crippen molar-refractivity contribution in [2.45, 2.75) is 27.4 Å². The molecule has 7 nitrogen and oxygen atoms in total. The van der Waals surface area contributed by atoms with E-state index in [-0.39, 0.29) is 29.5 Å². The Labute approximate surface area is 200 Å². The number of para-hydroxylation sites is 1. The zero-order valence-electron chi connectivity index (χ0n) is 19.0. The summed E-state index contributed by atoms with van der Waals surface area (Å²) in [5.41, 5.74) is 3.68. The van der Waals surface area contributed by atoms with Gasteiger partial charge in [0, 0.05) is 17.0 Å². The molecule has 2 aromatic carbocycles. The monoisotopic (exact) mass is 473 g/mol. The molecule has 0 aliphatic carbocycles. The molecule has 8 heteroatoms. The van der Waals surface area contributed by atoms with Crippen LogP contribution < -0.4 is 10.9 Å². The Balaban J connectivity index is 1.65. The molecule has 0 radical (unpaired) electrons. The zero-order chi connectivity index (χ0) is 24.2. The number of amides is 1. The van der Waals surface area contributed by atoms with E-state index in [0.717, 1.165) is 16.7 Å². The van der Waals surface area contributed by atoms with E-state index in [1.807, 2.05) is 62.5 Å². The van der Waals surface area contributed by atoms with Crippen LogP contribution >= 0.6 is 11.3 Å². The third kappa shape index (κ3) is 4.97. The van der Waals surface area contributed by atoms with Gasteiger partial charge >= 0.3 is 5.97 Å².